The summed E-state index contributed by atoms with van der Waals surface area (Å²) in [5.74, 6) is -0.310. The van der Waals surface area contributed by atoms with Crippen molar-refractivity contribution >= 4 is 17.4 Å². The number of hydrogen-bond acceptors (Lipinski definition) is 3. The number of urea groups is 1. The number of fused-ring (bicyclic) bond motifs is 1. The molecule has 0 aliphatic carbocycles. The number of aromatic nitrogens is 2. The number of hydrogen-bond donors (Lipinski definition) is 2. The molecule has 2 amide bonds. The summed E-state index contributed by atoms with van der Waals surface area (Å²) in [4.78, 5) is 23.7. The molecule has 0 atom stereocenters. The van der Waals surface area contributed by atoms with Gasteiger partial charge in [-0.25, -0.2) is 14.2 Å². The van der Waals surface area contributed by atoms with E-state index in [0.717, 1.165) is 42.1 Å². The van der Waals surface area contributed by atoms with Crippen molar-refractivity contribution in [2.75, 3.05) is 23.4 Å². The molecule has 0 saturated carbocycles. The highest BCUT2D eigenvalue weighted by atomic mass is 19.1. The summed E-state index contributed by atoms with van der Waals surface area (Å²) >= 11 is 0. The Morgan fingerprint density at radius 3 is 3.00 bits per heavy atom. The number of amides is 2. The third kappa shape index (κ3) is 3.83. The van der Waals surface area contributed by atoms with Gasteiger partial charge in [0.2, 0.25) is 0 Å². The van der Waals surface area contributed by atoms with Crippen molar-refractivity contribution in [1.82, 2.24) is 15.3 Å². The Hall–Kier alpha value is -3.35. The molecule has 1 aromatic heterocycles. The van der Waals surface area contributed by atoms with Gasteiger partial charge in [-0.2, -0.15) is 0 Å². The van der Waals surface area contributed by atoms with Gasteiger partial charge in [0.25, 0.3) is 0 Å². The maximum atomic E-state index is 13.3. The van der Waals surface area contributed by atoms with Gasteiger partial charge in [0.1, 0.15) is 5.82 Å². The van der Waals surface area contributed by atoms with E-state index in [1.54, 1.807) is 30.4 Å². The summed E-state index contributed by atoms with van der Waals surface area (Å²) in [5, 5.41) is 2.83. The van der Waals surface area contributed by atoms with E-state index in [0.29, 0.717) is 0 Å². The molecule has 4 rings (SSSR count). The number of aromatic amines is 1. The number of carbonyl (C=O) groups is 1. The van der Waals surface area contributed by atoms with Crippen LogP contribution in [-0.4, -0.2) is 29.6 Å². The molecule has 0 saturated heterocycles. The molecule has 2 aromatic carbocycles. The summed E-state index contributed by atoms with van der Waals surface area (Å²) in [7, 11) is 1.73. The van der Waals surface area contributed by atoms with E-state index in [1.807, 2.05) is 18.3 Å². The SMILES string of the molecule is CN(C(=O)NCc1cccc(F)c1)c1ccc2c(c1)N(Cc1c[nH]cn1)CC2. The van der Waals surface area contributed by atoms with E-state index in [1.165, 1.54) is 17.7 Å². The molecule has 28 heavy (non-hydrogen) atoms. The average Bonchev–Trinajstić information content (AvgIpc) is 3.36. The molecule has 6 nitrogen and oxygen atoms in total. The zero-order valence-corrected chi connectivity index (χ0v) is 15.7. The number of rotatable bonds is 5. The van der Waals surface area contributed by atoms with Crippen LogP contribution >= 0.6 is 0 Å². The van der Waals surface area contributed by atoms with Crippen LogP contribution < -0.4 is 15.1 Å². The fraction of sp³-hybridized carbons (Fsp3) is 0.238. The van der Waals surface area contributed by atoms with Crippen LogP contribution in [0.25, 0.3) is 0 Å². The van der Waals surface area contributed by atoms with E-state index >= 15 is 0 Å². The quantitative estimate of drug-likeness (QED) is 0.714. The monoisotopic (exact) mass is 379 g/mol. The van der Waals surface area contributed by atoms with Crippen LogP contribution in [0.15, 0.2) is 55.0 Å². The summed E-state index contributed by atoms with van der Waals surface area (Å²) < 4.78 is 13.3. The van der Waals surface area contributed by atoms with Crippen LogP contribution in [0.4, 0.5) is 20.6 Å². The summed E-state index contributed by atoms with van der Waals surface area (Å²) in [6.45, 7) is 1.94. The van der Waals surface area contributed by atoms with Crippen LogP contribution in [-0.2, 0) is 19.5 Å². The highest BCUT2D eigenvalue weighted by Crippen LogP contribution is 2.32. The van der Waals surface area contributed by atoms with Crippen LogP contribution in [0.2, 0.25) is 0 Å². The second-order valence-electron chi connectivity index (χ2n) is 6.89. The number of halogens is 1. The van der Waals surface area contributed by atoms with E-state index in [9.17, 15) is 9.18 Å². The van der Waals surface area contributed by atoms with Gasteiger partial charge in [-0.05, 0) is 41.8 Å². The zero-order chi connectivity index (χ0) is 19.5. The molecule has 0 radical (unpaired) electrons. The molecular weight excluding hydrogens is 357 g/mol. The zero-order valence-electron chi connectivity index (χ0n) is 15.7. The Balaban J connectivity index is 1.44. The Bertz CT molecular complexity index is 973. The lowest BCUT2D eigenvalue weighted by atomic mass is 10.1. The molecule has 1 aliphatic rings. The van der Waals surface area contributed by atoms with Crippen LogP contribution in [0.5, 0.6) is 0 Å². The maximum absolute atomic E-state index is 13.3. The second kappa shape index (κ2) is 7.72. The first kappa shape index (κ1) is 18.0. The molecule has 2 heterocycles. The minimum Gasteiger partial charge on any atom is -0.365 e. The second-order valence-corrected chi connectivity index (χ2v) is 6.89. The molecule has 144 valence electrons. The normalized spacial score (nSPS) is 12.7. The number of H-pyrrole nitrogens is 1. The highest BCUT2D eigenvalue weighted by molar-refractivity contribution is 5.92. The van der Waals surface area contributed by atoms with Crippen molar-refractivity contribution in [3.05, 3.63) is 77.6 Å². The number of carbonyl (C=O) groups excluding carboxylic acids is 1. The molecule has 0 fully saturated rings. The Labute approximate surface area is 163 Å². The summed E-state index contributed by atoms with van der Waals surface area (Å²) in [6, 6.07) is 12.1. The fourth-order valence-corrected chi connectivity index (χ4v) is 3.44. The van der Waals surface area contributed by atoms with Crippen molar-refractivity contribution < 1.29 is 9.18 Å². The number of nitrogens with zero attached hydrogens (tertiary/aromatic N) is 3. The van der Waals surface area contributed by atoms with Crippen LogP contribution in [0, 0.1) is 5.82 Å². The van der Waals surface area contributed by atoms with Gasteiger partial charge < -0.3 is 15.2 Å². The van der Waals surface area contributed by atoms with Crippen molar-refractivity contribution in [3.63, 3.8) is 0 Å². The smallest absolute Gasteiger partial charge is 0.321 e. The van der Waals surface area contributed by atoms with E-state index in [-0.39, 0.29) is 18.4 Å². The summed E-state index contributed by atoms with van der Waals surface area (Å²) in [5.41, 5.74) is 4.92. The van der Waals surface area contributed by atoms with Gasteiger partial charge in [-0.1, -0.05) is 18.2 Å². The minimum absolute atomic E-state index is 0.235. The van der Waals surface area contributed by atoms with Crippen molar-refractivity contribution in [3.8, 4) is 0 Å². The first-order chi connectivity index (χ1) is 13.6. The lowest BCUT2D eigenvalue weighted by Crippen LogP contribution is -2.37. The van der Waals surface area contributed by atoms with E-state index in [4.69, 9.17) is 0 Å². The molecule has 7 heteroatoms. The molecule has 0 unspecified atom stereocenters. The molecule has 3 aromatic rings. The first-order valence-electron chi connectivity index (χ1n) is 9.22. The largest absolute Gasteiger partial charge is 0.365 e. The van der Waals surface area contributed by atoms with Crippen molar-refractivity contribution in [2.24, 2.45) is 0 Å². The molecule has 2 N–H and O–H groups in total. The van der Waals surface area contributed by atoms with Gasteiger partial charge in [-0.3, -0.25) is 4.90 Å². The van der Waals surface area contributed by atoms with Gasteiger partial charge in [0.15, 0.2) is 0 Å². The van der Waals surface area contributed by atoms with Crippen molar-refractivity contribution in [1.29, 1.82) is 0 Å². The molecule has 0 spiro atoms. The first-order valence-corrected chi connectivity index (χ1v) is 9.22. The van der Waals surface area contributed by atoms with Crippen LogP contribution in [0.1, 0.15) is 16.8 Å². The predicted molar refractivity (Wildman–Crippen MR) is 107 cm³/mol. The topological polar surface area (TPSA) is 64.3 Å². The Morgan fingerprint density at radius 1 is 1.32 bits per heavy atom. The maximum Gasteiger partial charge on any atom is 0.321 e. The highest BCUT2D eigenvalue weighted by Gasteiger charge is 2.22. The van der Waals surface area contributed by atoms with Gasteiger partial charge in [-0.15, -0.1) is 0 Å². The van der Waals surface area contributed by atoms with Gasteiger partial charge in [0, 0.05) is 37.7 Å². The Morgan fingerprint density at radius 2 is 2.21 bits per heavy atom. The van der Waals surface area contributed by atoms with Gasteiger partial charge in [0.05, 0.1) is 18.6 Å². The van der Waals surface area contributed by atoms with Crippen molar-refractivity contribution in [2.45, 2.75) is 19.5 Å². The molecule has 1 aliphatic heterocycles. The van der Waals surface area contributed by atoms with E-state index in [2.05, 4.69) is 26.3 Å². The number of imidazole rings is 1. The van der Waals surface area contributed by atoms with Crippen LogP contribution in [0.3, 0.4) is 0 Å². The predicted octanol–water partition coefficient (Wildman–Crippen LogP) is 3.46. The lowest BCUT2D eigenvalue weighted by molar-refractivity contribution is 0.247. The molecule has 0 bridgehead atoms. The Kier molecular flexibility index (Phi) is 4.97. The molecular formula is C21H22FN5O. The standard InChI is InChI=1S/C21H22FN5O/c1-26(21(28)24-11-15-3-2-4-17(22)9-15)19-6-5-16-7-8-27(20(16)10-19)13-18-12-23-14-25-18/h2-6,9-10,12,14H,7-8,11,13H2,1H3,(H,23,25)(H,24,28). The minimum atomic E-state index is -0.310. The summed E-state index contributed by atoms with van der Waals surface area (Å²) in [6.07, 6.45) is 4.56. The van der Waals surface area contributed by atoms with Gasteiger partial charge >= 0.3 is 6.03 Å². The lowest BCUT2D eigenvalue weighted by Gasteiger charge is -2.22. The average molecular weight is 379 g/mol. The van der Waals surface area contributed by atoms with E-state index < -0.39 is 0 Å². The number of benzene rings is 2. The number of nitrogens with one attached hydrogen (secondary N) is 2. The third-order valence-electron chi connectivity index (χ3n) is 4.99. The fourth-order valence-electron chi connectivity index (χ4n) is 3.44. The number of anilines is 2. The third-order valence-corrected chi connectivity index (χ3v) is 4.99.